The van der Waals surface area contributed by atoms with Crippen molar-refractivity contribution in [1.82, 2.24) is 9.55 Å². The number of imidazole rings is 1. The molecule has 0 radical (unpaired) electrons. The predicted molar refractivity (Wildman–Crippen MR) is 57.7 cm³/mol. The van der Waals surface area contributed by atoms with Gasteiger partial charge in [0.2, 0.25) is 5.82 Å². The normalized spacial score (nSPS) is 18.8. The number of nitrogens with zero attached hydrogens (tertiary/aromatic N) is 3. The smallest absolute Gasteiger partial charge is 0.385 e. The van der Waals surface area contributed by atoms with Crippen LogP contribution < -0.4 is 0 Å². The Hall–Kier alpha value is -1.92. The van der Waals surface area contributed by atoms with Crippen LogP contribution in [0.2, 0.25) is 0 Å². The molecule has 0 saturated heterocycles. The number of hydrogen-bond acceptors (Lipinski definition) is 4. The van der Waals surface area contributed by atoms with Gasteiger partial charge in [0.15, 0.2) is 0 Å². The quantitative estimate of drug-likeness (QED) is 0.626. The molecule has 1 unspecified atom stereocenters. The van der Waals surface area contributed by atoms with Gasteiger partial charge in [0.25, 0.3) is 0 Å². The number of carboxylic acids is 1. The van der Waals surface area contributed by atoms with Crippen molar-refractivity contribution in [2.75, 3.05) is 0 Å². The zero-order valence-electron chi connectivity index (χ0n) is 9.42. The lowest BCUT2D eigenvalue weighted by Gasteiger charge is -2.20. The van der Waals surface area contributed by atoms with Gasteiger partial charge in [0.1, 0.15) is 5.69 Å². The van der Waals surface area contributed by atoms with Gasteiger partial charge < -0.3 is 19.8 Å². The van der Waals surface area contributed by atoms with Gasteiger partial charge in [0, 0.05) is 19.4 Å². The lowest BCUT2D eigenvalue weighted by Crippen LogP contribution is -2.26. The maximum atomic E-state index is 10.9. The van der Waals surface area contributed by atoms with Crippen LogP contribution in [-0.4, -0.2) is 25.6 Å². The van der Waals surface area contributed by atoms with E-state index in [4.69, 9.17) is 5.11 Å². The average Bonchev–Trinajstić information content (AvgIpc) is 2.66. The van der Waals surface area contributed by atoms with E-state index in [-0.39, 0.29) is 12.2 Å². The fourth-order valence-corrected chi connectivity index (χ4v) is 2.24. The third-order valence-electron chi connectivity index (χ3n) is 3.11. The van der Waals surface area contributed by atoms with Crippen molar-refractivity contribution in [1.29, 1.82) is 0 Å². The molecule has 1 aromatic rings. The summed E-state index contributed by atoms with van der Waals surface area (Å²) in [6.07, 6.45) is 1.31. The maximum Gasteiger partial charge on any atom is 0.385 e. The Morgan fingerprint density at radius 2 is 2.41 bits per heavy atom. The summed E-state index contributed by atoms with van der Waals surface area (Å²) in [5, 5.41) is 19.8. The third-order valence-corrected chi connectivity index (χ3v) is 3.11. The van der Waals surface area contributed by atoms with Crippen molar-refractivity contribution in [2.45, 2.75) is 32.7 Å². The number of aromatic nitrogens is 2. The van der Waals surface area contributed by atoms with Gasteiger partial charge in [-0.15, -0.1) is 0 Å². The van der Waals surface area contributed by atoms with Crippen LogP contribution in [0.25, 0.3) is 0 Å². The molecule has 0 saturated carbocycles. The first-order chi connectivity index (χ1) is 8.04. The van der Waals surface area contributed by atoms with Crippen LogP contribution in [0.4, 0.5) is 5.82 Å². The van der Waals surface area contributed by atoms with Crippen molar-refractivity contribution < 1.29 is 14.8 Å². The zero-order valence-corrected chi connectivity index (χ0v) is 9.42. The lowest BCUT2D eigenvalue weighted by molar-refractivity contribution is -0.390. The largest absolute Gasteiger partial charge is 0.481 e. The monoisotopic (exact) mass is 239 g/mol. The molecule has 1 aromatic heterocycles. The van der Waals surface area contributed by atoms with Gasteiger partial charge in [-0.2, -0.15) is 0 Å². The number of hydrogen-bond donors (Lipinski definition) is 1. The molecule has 1 aliphatic rings. The molecule has 0 aromatic carbocycles. The SMILES string of the molecule is CCc1nc([N+](=O)[O-])c2n1CCC(C(=O)O)C2. The van der Waals surface area contributed by atoms with E-state index in [1.807, 2.05) is 6.92 Å². The molecule has 2 heterocycles. The molecular weight excluding hydrogens is 226 g/mol. The summed E-state index contributed by atoms with van der Waals surface area (Å²) < 4.78 is 1.79. The van der Waals surface area contributed by atoms with Crippen LogP contribution in [0.1, 0.15) is 24.9 Å². The van der Waals surface area contributed by atoms with Crippen LogP contribution in [0.5, 0.6) is 0 Å². The second-order valence-corrected chi connectivity index (χ2v) is 4.09. The molecule has 1 aliphatic heterocycles. The number of carbonyl (C=O) groups is 1. The summed E-state index contributed by atoms with van der Waals surface area (Å²) in [7, 11) is 0. The van der Waals surface area contributed by atoms with Crippen molar-refractivity contribution in [3.05, 3.63) is 21.6 Å². The fraction of sp³-hybridized carbons (Fsp3) is 0.600. The van der Waals surface area contributed by atoms with Gasteiger partial charge in [-0.05, 0) is 16.3 Å². The standard InChI is InChI=1S/C10H13N3O4/c1-2-8-11-9(13(16)17)7-5-6(10(14)15)3-4-12(7)8/h6H,2-5H2,1H3,(H,14,15). The number of carboxylic acid groups (broad SMARTS) is 1. The number of nitro groups is 1. The highest BCUT2D eigenvalue weighted by Crippen LogP contribution is 2.29. The topological polar surface area (TPSA) is 98.3 Å². The Morgan fingerprint density at radius 3 is 2.94 bits per heavy atom. The number of rotatable bonds is 3. The van der Waals surface area contributed by atoms with Crippen molar-refractivity contribution in [3.63, 3.8) is 0 Å². The molecule has 92 valence electrons. The van der Waals surface area contributed by atoms with Crippen molar-refractivity contribution >= 4 is 11.8 Å². The van der Waals surface area contributed by atoms with E-state index in [2.05, 4.69) is 4.98 Å². The second-order valence-electron chi connectivity index (χ2n) is 4.09. The molecular formula is C10H13N3O4. The first-order valence-corrected chi connectivity index (χ1v) is 5.50. The van der Waals surface area contributed by atoms with E-state index in [1.54, 1.807) is 4.57 Å². The molecule has 2 rings (SSSR count). The van der Waals surface area contributed by atoms with Gasteiger partial charge in [0.05, 0.1) is 5.92 Å². The van der Waals surface area contributed by atoms with Crippen LogP contribution in [-0.2, 0) is 24.2 Å². The highest BCUT2D eigenvalue weighted by molar-refractivity contribution is 5.70. The summed E-state index contributed by atoms with van der Waals surface area (Å²) in [4.78, 5) is 25.2. The molecule has 0 aliphatic carbocycles. The lowest BCUT2D eigenvalue weighted by atomic mass is 9.96. The minimum Gasteiger partial charge on any atom is -0.481 e. The third kappa shape index (κ3) is 1.88. The molecule has 7 nitrogen and oxygen atoms in total. The van der Waals surface area contributed by atoms with Crippen molar-refractivity contribution in [3.8, 4) is 0 Å². The number of fused-ring (bicyclic) bond motifs is 1. The highest BCUT2D eigenvalue weighted by Gasteiger charge is 2.34. The number of aliphatic carboxylic acids is 1. The molecule has 0 spiro atoms. The second kappa shape index (κ2) is 4.15. The maximum absolute atomic E-state index is 10.9. The Balaban J connectivity index is 2.44. The van der Waals surface area contributed by atoms with E-state index in [9.17, 15) is 14.9 Å². The summed E-state index contributed by atoms with van der Waals surface area (Å²) in [6, 6.07) is 0. The van der Waals surface area contributed by atoms with E-state index >= 15 is 0 Å². The average molecular weight is 239 g/mol. The van der Waals surface area contributed by atoms with Gasteiger partial charge in [-0.1, -0.05) is 6.92 Å². The first-order valence-electron chi connectivity index (χ1n) is 5.50. The molecule has 7 heteroatoms. The Labute approximate surface area is 97.2 Å². The van der Waals surface area contributed by atoms with E-state index < -0.39 is 16.8 Å². The number of aryl methyl sites for hydroxylation is 1. The Kier molecular flexibility index (Phi) is 2.83. The Morgan fingerprint density at radius 1 is 1.71 bits per heavy atom. The molecule has 0 fully saturated rings. The first kappa shape index (κ1) is 11.6. The predicted octanol–water partition coefficient (Wildman–Crippen LogP) is 1.00. The van der Waals surface area contributed by atoms with E-state index in [1.165, 1.54) is 0 Å². The molecule has 0 bridgehead atoms. The summed E-state index contributed by atoms with van der Waals surface area (Å²) in [5.41, 5.74) is 0.450. The van der Waals surface area contributed by atoms with Crippen LogP contribution >= 0.6 is 0 Å². The van der Waals surface area contributed by atoms with Crippen LogP contribution in [0.15, 0.2) is 0 Å². The minimum absolute atomic E-state index is 0.187. The van der Waals surface area contributed by atoms with Crippen LogP contribution in [0, 0.1) is 16.0 Å². The summed E-state index contributed by atoms with van der Waals surface area (Å²) in [5.74, 6) is -0.962. The summed E-state index contributed by atoms with van der Waals surface area (Å²) >= 11 is 0. The summed E-state index contributed by atoms with van der Waals surface area (Å²) in [6.45, 7) is 2.37. The van der Waals surface area contributed by atoms with Gasteiger partial charge >= 0.3 is 11.8 Å². The highest BCUT2D eigenvalue weighted by atomic mass is 16.6. The molecule has 1 N–H and O–H groups in total. The van der Waals surface area contributed by atoms with E-state index in [0.717, 1.165) is 0 Å². The van der Waals surface area contributed by atoms with Gasteiger partial charge in [-0.3, -0.25) is 4.79 Å². The van der Waals surface area contributed by atoms with E-state index in [0.29, 0.717) is 30.9 Å². The van der Waals surface area contributed by atoms with Gasteiger partial charge in [-0.25, -0.2) is 0 Å². The molecule has 1 atom stereocenters. The molecule has 0 amide bonds. The minimum atomic E-state index is -0.898. The van der Waals surface area contributed by atoms with Crippen LogP contribution in [0.3, 0.4) is 0 Å². The van der Waals surface area contributed by atoms with Crippen molar-refractivity contribution in [2.24, 2.45) is 5.92 Å². The zero-order chi connectivity index (χ0) is 12.6. The Bertz CT molecular complexity index is 480. The fourth-order valence-electron chi connectivity index (χ4n) is 2.24. The molecule has 17 heavy (non-hydrogen) atoms.